The molecule has 2 N–H and O–H groups in total. The lowest BCUT2D eigenvalue weighted by Crippen LogP contribution is -2.39. The maximum absolute atomic E-state index is 3.72. The van der Waals surface area contributed by atoms with E-state index in [1.165, 1.54) is 51.5 Å². The second-order valence-electron chi connectivity index (χ2n) is 6.25. The van der Waals surface area contributed by atoms with Crippen LogP contribution < -0.4 is 10.6 Å². The molecule has 0 amide bonds. The van der Waals surface area contributed by atoms with Gasteiger partial charge in [-0.05, 0) is 64.3 Å². The lowest BCUT2D eigenvalue weighted by atomic mass is 9.89. The standard InChI is InChI=1S/C13H24N2/c1-13(5-6-13)14-7-4-10-8-11-2-3-12(9-10)15-11/h10-12,14-15H,2-9H2,1H3. The maximum atomic E-state index is 3.72. The molecule has 0 radical (unpaired) electrons. The molecule has 2 bridgehead atoms. The first-order valence-electron chi connectivity index (χ1n) is 6.75. The Hall–Kier alpha value is -0.0800. The van der Waals surface area contributed by atoms with Gasteiger partial charge in [-0.2, -0.15) is 0 Å². The third-order valence-corrected chi connectivity index (χ3v) is 4.68. The Labute approximate surface area is 93.2 Å². The number of hydrogen-bond acceptors (Lipinski definition) is 2. The number of hydrogen-bond donors (Lipinski definition) is 2. The van der Waals surface area contributed by atoms with Gasteiger partial charge in [0.15, 0.2) is 0 Å². The fourth-order valence-corrected chi connectivity index (χ4v) is 3.35. The Balaban J connectivity index is 1.40. The summed E-state index contributed by atoms with van der Waals surface area (Å²) < 4.78 is 0. The van der Waals surface area contributed by atoms with Crippen molar-refractivity contribution in [3.05, 3.63) is 0 Å². The monoisotopic (exact) mass is 208 g/mol. The average Bonchev–Trinajstić information content (AvgIpc) is 2.84. The van der Waals surface area contributed by atoms with E-state index in [9.17, 15) is 0 Å². The minimum Gasteiger partial charge on any atom is -0.312 e. The van der Waals surface area contributed by atoms with E-state index < -0.39 is 0 Å². The number of piperidine rings is 1. The van der Waals surface area contributed by atoms with Crippen molar-refractivity contribution >= 4 is 0 Å². The number of fused-ring (bicyclic) bond motifs is 2. The van der Waals surface area contributed by atoms with Crippen molar-refractivity contribution in [1.29, 1.82) is 0 Å². The van der Waals surface area contributed by atoms with Crippen LogP contribution >= 0.6 is 0 Å². The summed E-state index contributed by atoms with van der Waals surface area (Å²) in [5.74, 6) is 0.999. The quantitative estimate of drug-likeness (QED) is 0.739. The zero-order chi connectivity index (χ0) is 10.3. The lowest BCUT2D eigenvalue weighted by Gasteiger charge is -2.29. The predicted molar refractivity (Wildman–Crippen MR) is 62.9 cm³/mol. The molecular weight excluding hydrogens is 184 g/mol. The third-order valence-electron chi connectivity index (χ3n) is 4.68. The van der Waals surface area contributed by atoms with Crippen LogP contribution in [0.2, 0.25) is 0 Å². The second-order valence-corrected chi connectivity index (χ2v) is 6.25. The highest BCUT2D eigenvalue weighted by molar-refractivity contribution is 4.98. The van der Waals surface area contributed by atoms with E-state index in [1.54, 1.807) is 0 Å². The molecule has 2 saturated heterocycles. The summed E-state index contributed by atoms with van der Waals surface area (Å²) in [4.78, 5) is 0. The molecule has 0 spiro atoms. The maximum Gasteiger partial charge on any atom is 0.0154 e. The molecule has 2 atom stereocenters. The van der Waals surface area contributed by atoms with Gasteiger partial charge in [0.05, 0.1) is 0 Å². The summed E-state index contributed by atoms with van der Waals surface area (Å²) in [6, 6.07) is 1.73. The van der Waals surface area contributed by atoms with Crippen molar-refractivity contribution < 1.29 is 0 Å². The molecule has 3 fully saturated rings. The van der Waals surface area contributed by atoms with Gasteiger partial charge in [0.2, 0.25) is 0 Å². The first-order valence-corrected chi connectivity index (χ1v) is 6.75. The van der Waals surface area contributed by atoms with Crippen molar-refractivity contribution in [1.82, 2.24) is 10.6 Å². The van der Waals surface area contributed by atoms with Crippen LogP contribution in [0.1, 0.15) is 51.9 Å². The van der Waals surface area contributed by atoms with Gasteiger partial charge in [-0.3, -0.25) is 0 Å². The van der Waals surface area contributed by atoms with E-state index in [-0.39, 0.29) is 0 Å². The molecule has 2 heteroatoms. The van der Waals surface area contributed by atoms with Gasteiger partial charge < -0.3 is 10.6 Å². The van der Waals surface area contributed by atoms with E-state index in [0.29, 0.717) is 5.54 Å². The number of rotatable bonds is 4. The van der Waals surface area contributed by atoms with Gasteiger partial charge in [0, 0.05) is 17.6 Å². The first-order chi connectivity index (χ1) is 7.23. The van der Waals surface area contributed by atoms with E-state index in [4.69, 9.17) is 0 Å². The molecular formula is C13H24N2. The molecule has 86 valence electrons. The Bertz CT molecular complexity index is 223. The van der Waals surface area contributed by atoms with Crippen LogP contribution in [0.4, 0.5) is 0 Å². The molecule has 0 aromatic carbocycles. The summed E-state index contributed by atoms with van der Waals surface area (Å²) in [5, 5.41) is 7.43. The van der Waals surface area contributed by atoms with Crippen molar-refractivity contribution in [3.63, 3.8) is 0 Å². The molecule has 15 heavy (non-hydrogen) atoms. The summed E-state index contributed by atoms with van der Waals surface area (Å²) in [6.45, 7) is 3.61. The van der Waals surface area contributed by atoms with Gasteiger partial charge in [0.25, 0.3) is 0 Å². The van der Waals surface area contributed by atoms with Crippen molar-refractivity contribution in [2.45, 2.75) is 69.5 Å². The molecule has 3 aliphatic rings. The van der Waals surface area contributed by atoms with Gasteiger partial charge in [-0.15, -0.1) is 0 Å². The number of nitrogens with one attached hydrogen (secondary N) is 2. The fourth-order valence-electron chi connectivity index (χ4n) is 3.35. The zero-order valence-corrected chi connectivity index (χ0v) is 9.89. The van der Waals surface area contributed by atoms with Crippen LogP contribution in [0.5, 0.6) is 0 Å². The highest BCUT2D eigenvalue weighted by Gasteiger charge is 2.37. The normalized spacial score (nSPS) is 41.8. The fraction of sp³-hybridized carbons (Fsp3) is 1.00. The molecule has 0 aromatic heterocycles. The molecule has 2 heterocycles. The van der Waals surface area contributed by atoms with Crippen LogP contribution in [-0.2, 0) is 0 Å². The highest BCUT2D eigenvalue weighted by atomic mass is 15.0. The average molecular weight is 208 g/mol. The molecule has 2 unspecified atom stereocenters. The molecule has 2 aliphatic heterocycles. The van der Waals surface area contributed by atoms with Crippen LogP contribution in [0.15, 0.2) is 0 Å². The third kappa shape index (κ3) is 2.36. The minimum atomic E-state index is 0.534. The van der Waals surface area contributed by atoms with E-state index in [0.717, 1.165) is 18.0 Å². The van der Waals surface area contributed by atoms with Crippen LogP contribution in [-0.4, -0.2) is 24.2 Å². The van der Waals surface area contributed by atoms with Gasteiger partial charge in [-0.1, -0.05) is 0 Å². The lowest BCUT2D eigenvalue weighted by molar-refractivity contribution is 0.280. The van der Waals surface area contributed by atoms with Crippen LogP contribution in [0.3, 0.4) is 0 Å². The Morgan fingerprint density at radius 2 is 1.87 bits per heavy atom. The zero-order valence-electron chi connectivity index (χ0n) is 9.89. The molecule has 0 aromatic rings. The molecule has 1 saturated carbocycles. The summed E-state index contributed by atoms with van der Waals surface area (Å²) in [7, 11) is 0. The summed E-state index contributed by atoms with van der Waals surface area (Å²) >= 11 is 0. The topological polar surface area (TPSA) is 24.1 Å². The first kappa shape index (κ1) is 10.1. The Morgan fingerprint density at radius 1 is 1.20 bits per heavy atom. The van der Waals surface area contributed by atoms with E-state index in [2.05, 4.69) is 17.6 Å². The van der Waals surface area contributed by atoms with E-state index in [1.807, 2.05) is 0 Å². The van der Waals surface area contributed by atoms with Crippen LogP contribution in [0.25, 0.3) is 0 Å². The minimum absolute atomic E-state index is 0.534. The second kappa shape index (κ2) is 3.74. The molecule has 1 aliphatic carbocycles. The molecule has 3 rings (SSSR count). The summed E-state index contributed by atoms with van der Waals surface area (Å²) in [6.07, 6.45) is 9.95. The SMILES string of the molecule is CC1(NCCC2CC3CCC(C2)N3)CC1. The summed E-state index contributed by atoms with van der Waals surface area (Å²) in [5.41, 5.74) is 0.534. The largest absolute Gasteiger partial charge is 0.312 e. The van der Waals surface area contributed by atoms with Crippen molar-refractivity contribution in [2.75, 3.05) is 6.54 Å². The van der Waals surface area contributed by atoms with Gasteiger partial charge in [-0.25, -0.2) is 0 Å². The van der Waals surface area contributed by atoms with Gasteiger partial charge in [0.1, 0.15) is 0 Å². The van der Waals surface area contributed by atoms with Gasteiger partial charge >= 0.3 is 0 Å². The Kier molecular flexibility index (Phi) is 2.52. The van der Waals surface area contributed by atoms with Crippen molar-refractivity contribution in [2.24, 2.45) is 5.92 Å². The van der Waals surface area contributed by atoms with Crippen LogP contribution in [0, 0.1) is 5.92 Å². The van der Waals surface area contributed by atoms with E-state index >= 15 is 0 Å². The van der Waals surface area contributed by atoms with Crippen molar-refractivity contribution in [3.8, 4) is 0 Å². The smallest absolute Gasteiger partial charge is 0.0154 e. The highest BCUT2D eigenvalue weighted by Crippen LogP contribution is 2.35. The molecule has 2 nitrogen and oxygen atoms in total. The Morgan fingerprint density at radius 3 is 2.47 bits per heavy atom. The predicted octanol–water partition coefficient (Wildman–Crippen LogP) is 2.05.